The first-order valence-corrected chi connectivity index (χ1v) is 11.7. The number of aryl methyl sites for hydroxylation is 2. The number of rotatable bonds is 9. The predicted octanol–water partition coefficient (Wildman–Crippen LogP) is 4.26. The second-order valence-electron chi connectivity index (χ2n) is 8.72. The van der Waals surface area contributed by atoms with Gasteiger partial charge in [0.25, 0.3) is 5.56 Å². The molecule has 0 bridgehead atoms. The highest BCUT2D eigenvalue weighted by molar-refractivity contribution is 7.17. The monoisotopic (exact) mass is 443 g/mol. The second kappa shape index (κ2) is 10.0. The molecule has 6 nitrogen and oxygen atoms in total. The Balaban J connectivity index is 1.86. The van der Waals surface area contributed by atoms with Gasteiger partial charge in [0.2, 0.25) is 0 Å². The fraction of sp³-hybridized carbons (Fsp3) is 0.500. The maximum absolute atomic E-state index is 13.0. The Labute approximate surface area is 187 Å². The lowest BCUT2D eigenvalue weighted by Crippen LogP contribution is -2.39. The molecule has 0 aliphatic rings. The standard InChI is InChI=1S/C24H33N3O3S/c1-14(2)27(10-18(28)12-30-15(3)4)11-21-25-23(29)22-20(13-31-24(22)26-21)19-8-7-16(5)9-17(19)6/h7-9,13-15,18,28H,10-12H2,1-6H3,(H,25,26,29). The van der Waals surface area contributed by atoms with Crippen molar-refractivity contribution < 1.29 is 9.84 Å². The van der Waals surface area contributed by atoms with Gasteiger partial charge in [-0.3, -0.25) is 9.69 Å². The molecule has 0 saturated carbocycles. The third-order valence-corrected chi connectivity index (χ3v) is 6.19. The van der Waals surface area contributed by atoms with Gasteiger partial charge in [-0.2, -0.15) is 0 Å². The van der Waals surface area contributed by atoms with E-state index in [1.807, 2.05) is 19.2 Å². The number of H-pyrrole nitrogens is 1. The van der Waals surface area contributed by atoms with Gasteiger partial charge in [-0.15, -0.1) is 11.3 Å². The van der Waals surface area contributed by atoms with E-state index in [2.05, 4.69) is 55.8 Å². The Morgan fingerprint density at radius 3 is 2.58 bits per heavy atom. The van der Waals surface area contributed by atoms with Gasteiger partial charge in [-0.05, 0) is 52.7 Å². The van der Waals surface area contributed by atoms with E-state index < -0.39 is 6.10 Å². The third-order valence-electron chi connectivity index (χ3n) is 5.32. The lowest BCUT2D eigenvalue weighted by atomic mass is 9.99. The molecule has 168 valence electrons. The minimum Gasteiger partial charge on any atom is -0.389 e. The molecule has 0 amide bonds. The van der Waals surface area contributed by atoms with Crippen LogP contribution in [0.2, 0.25) is 0 Å². The van der Waals surface area contributed by atoms with Crippen LogP contribution in [0.1, 0.15) is 44.6 Å². The summed E-state index contributed by atoms with van der Waals surface area (Å²) < 4.78 is 5.52. The topological polar surface area (TPSA) is 78.5 Å². The van der Waals surface area contributed by atoms with Crippen LogP contribution in [0.3, 0.4) is 0 Å². The number of hydrogen-bond donors (Lipinski definition) is 2. The van der Waals surface area contributed by atoms with Gasteiger partial charge in [0, 0.05) is 23.5 Å². The number of nitrogens with zero attached hydrogens (tertiary/aromatic N) is 2. The summed E-state index contributed by atoms with van der Waals surface area (Å²) in [7, 11) is 0. The summed E-state index contributed by atoms with van der Waals surface area (Å²) in [5.41, 5.74) is 4.22. The molecule has 1 unspecified atom stereocenters. The van der Waals surface area contributed by atoms with Crippen molar-refractivity contribution >= 4 is 21.6 Å². The molecule has 0 saturated heterocycles. The normalized spacial score (nSPS) is 13.1. The molecule has 7 heteroatoms. The SMILES string of the molecule is Cc1ccc(-c2csc3nc(CN(CC(O)COC(C)C)C(C)C)[nH]c(=O)c23)c(C)c1. The molecule has 3 aromatic rings. The van der Waals surface area contributed by atoms with Crippen molar-refractivity contribution in [2.24, 2.45) is 0 Å². The van der Waals surface area contributed by atoms with Crippen LogP contribution in [0.25, 0.3) is 21.3 Å². The van der Waals surface area contributed by atoms with E-state index in [0.717, 1.165) is 21.5 Å². The van der Waals surface area contributed by atoms with E-state index in [1.165, 1.54) is 16.9 Å². The summed E-state index contributed by atoms with van der Waals surface area (Å²) in [4.78, 5) is 23.6. The predicted molar refractivity (Wildman–Crippen MR) is 128 cm³/mol. The second-order valence-corrected chi connectivity index (χ2v) is 9.58. The van der Waals surface area contributed by atoms with Gasteiger partial charge < -0.3 is 14.8 Å². The number of nitrogens with one attached hydrogen (secondary N) is 1. The number of aliphatic hydroxyl groups is 1. The first-order chi connectivity index (χ1) is 14.7. The molecule has 0 spiro atoms. The first-order valence-electron chi connectivity index (χ1n) is 10.8. The highest BCUT2D eigenvalue weighted by Crippen LogP contribution is 2.33. The number of aromatic nitrogens is 2. The Morgan fingerprint density at radius 1 is 1.19 bits per heavy atom. The van der Waals surface area contributed by atoms with Crippen LogP contribution in [-0.2, 0) is 11.3 Å². The molecule has 2 aromatic heterocycles. The van der Waals surface area contributed by atoms with Crippen LogP contribution in [0, 0.1) is 13.8 Å². The summed E-state index contributed by atoms with van der Waals surface area (Å²) >= 11 is 1.49. The molecule has 2 N–H and O–H groups in total. The van der Waals surface area contributed by atoms with Crippen molar-refractivity contribution in [2.45, 2.75) is 66.3 Å². The van der Waals surface area contributed by atoms with Crippen molar-refractivity contribution in [1.29, 1.82) is 0 Å². The zero-order valence-corrected chi connectivity index (χ0v) is 20.0. The van der Waals surface area contributed by atoms with Crippen LogP contribution in [0.4, 0.5) is 0 Å². The van der Waals surface area contributed by atoms with Gasteiger partial charge >= 0.3 is 0 Å². The minimum absolute atomic E-state index is 0.0766. The number of hydrogen-bond acceptors (Lipinski definition) is 6. The van der Waals surface area contributed by atoms with E-state index in [-0.39, 0.29) is 24.3 Å². The summed E-state index contributed by atoms with van der Waals surface area (Å²) in [6.07, 6.45) is -0.522. The van der Waals surface area contributed by atoms with E-state index in [0.29, 0.717) is 24.3 Å². The zero-order valence-electron chi connectivity index (χ0n) is 19.2. The number of fused-ring (bicyclic) bond motifs is 1. The van der Waals surface area contributed by atoms with Gasteiger partial charge in [0.05, 0.1) is 30.7 Å². The summed E-state index contributed by atoms with van der Waals surface area (Å²) in [5.74, 6) is 0.609. The highest BCUT2D eigenvalue weighted by Gasteiger charge is 2.19. The van der Waals surface area contributed by atoms with Gasteiger partial charge in [0.1, 0.15) is 10.7 Å². The van der Waals surface area contributed by atoms with Gasteiger partial charge in [-0.1, -0.05) is 23.8 Å². The highest BCUT2D eigenvalue weighted by atomic mass is 32.1. The Bertz CT molecular complexity index is 1090. The molecule has 2 heterocycles. The maximum Gasteiger partial charge on any atom is 0.260 e. The summed E-state index contributed by atoms with van der Waals surface area (Å²) in [6, 6.07) is 6.45. The first kappa shape index (κ1) is 23.6. The fourth-order valence-corrected chi connectivity index (χ4v) is 4.62. The smallest absolute Gasteiger partial charge is 0.260 e. The van der Waals surface area contributed by atoms with E-state index >= 15 is 0 Å². The average Bonchev–Trinajstić information content (AvgIpc) is 3.10. The molecular weight excluding hydrogens is 410 g/mol. The Morgan fingerprint density at radius 2 is 1.94 bits per heavy atom. The van der Waals surface area contributed by atoms with Crippen LogP contribution < -0.4 is 5.56 Å². The molecule has 0 aliphatic heterocycles. The van der Waals surface area contributed by atoms with Crippen molar-refractivity contribution in [1.82, 2.24) is 14.9 Å². The molecule has 3 rings (SSSR count). The third kappa shape index (κ3) is 5.80. The van der Waals surface area contributed by atoms with Gasteiger partial charge in [0.15, 0.2) is 0 Å². The Hall–Kier alpha value is -2.06. The molecule has 1 aromatic carbocycles. The van der Waals surface area contributed by atoms with Crippen molar-refractivity contribution in [3.8, 4) is 11.1 Å². The van der Waals surface area contributed by atoms with Crippen LogP contribution >= 0.6 is 11.3 Å². The molecule has 31 heavy (non-hydrogen) atoms. The zero-order chi connectivity index (χ0) is 22.7. The van der Waals surface area contributed by atoms with E-state index in [9.17, 15) is 9.90 Å². The van der Waals surface area contributed by atoms with Crippen molar-refractivity contribution in [2.75, 3.05) is 13.2 Å². The van der Waals surface area contributed by atoms with Crippen molar-refractivity contribution in [3.63, 3.8) is 0 Å². The fourth-order valence-electron chi connectivity index (χ4n) is 3.66. The number of thiophene rings is 1. The summed E-state index contributed by atoms with van der Waals surface area (Å²) in [5, 5.41) is 13.0. The minimum atomic E-state index is -0.599. The Kier molecular flexibility index (Phi) is 7.64. The summed E-state index contributed by atoms with van der Waals surface area (Å²) in [6.45, 7) is 13.4. The largest absolute Gasteiger partial charge is 0.389 e. The number of aliphatic hydroxyl groups excluding tert-OH is 1. The molecule has 0 aliphatic carbocycles. The van der Waals surface area contributed by atoms with Crippen LogP contribution in [0.15, 0.2) is 28.4 Å². The molecule has 1 atom stereocenters. The maximum atomic E-state index is 13.0. The van der Waals surface area contributed by atoms with Crippen molar-refractivity contribution in [3.05, 3.63) is 50.9 Å². The number of ether oxygens (including phenoxy) is 1. The molecule has 0 fully saturated rings. The lowest BCUT2D eigenvalue weighted by Gasteiger charge is -2.28. The van der Waals surface area contributed by atoms with Gasteiger partial charge in [-0.25, -0.2) is 4.98 Å². The molecule has 0 radical (unpaired) electrons. The lowest BCUT2D eigenvalue weighted by molar-refractivity contribution is -0.0140. The quantitative estimate of drug-likeness (QED) is 0.516. The van der Waals surface area contributed by atoms with Crippen LogP contribution in [-0.4, -0.2) is 51.4 Å². The van der Waals surface area contributed by atoms with E-state index in [4.69, 9.17) is 9.72 Å². The molecular formula is C24H33N3O3S. The van der Waals surface area contributed by atoms with E-state index in [1.54, 1.807) is 0 Å². The van der Waals surface area contributed by atoms with Crippen LogP contribution in [0.5, 0.6) is 0 Å². The average molecular weight is 444 g/mol. The number of benzene rings is 1. The number of aromatic amines is 1.